The lowest BCUT2D eigenvalue weighted by Gasteiger charge is -2.29. The number of hydrogen-bond donors (Lipinski definition) is 2. The Morgan fingerprint density at radius 2 is 1.86 bits per heavy atom. The summed E-state index contributed by atoms with van der Waals surface area (Å²) in [6.45, 7) is 2.51. The number of amides is 2. The number of carbonyl (C=O) groups is 2. The Hall–Kier alpha value is -2.94. The van der Waals surface area contributed by atoms with Gasteiger partial charge in [-0.3, -0.25) is 0 Å². The molecule has 9 nitrogen and oxygen atoms in total. The molecule has 9 heteroatoms. The zero-order valence-electron chi connectivity index (χ0n) is 17.0. The minimum absolute atomic E-state index is 0.0920. The van der Waals surface area contributed by atoms with E-state index < -0.39 is 18.0 Å². The van der Waals surface area contributed by atoms with Crippen molar-refractivity contribution < 1.29 is 33.3 Å². The molecule has 0 aliphatic carbocycles. The number of rotatable bonds is 7. The van der Waals surface area contributed by atoms with E-state index >= 15 is 0 Å². The molecular formula is C20H26N2O7. The summed E-state index contributed by atoms with van der Waals surface area (Å²) in [6.07, 6.45) is 1.72. The number of nitrogens with one attached hydrogen (secondary N) is 2. The zero-order valence-corrected chi connectivity index (χ0v) is 17.0. The van der Waals surface area contributed by atoms with Gasteiger partial charge in [0.05, 0.1) is 39.0 Å². The molecule has 3 rings (SSSR count). The van der Waals surface area contributed by atoms with Crippen LogP contribution in [0.1, 0.15) is 31.4 Å². The van der Waals surface area contributed by atoms with E-state index in [-0.39, 0.29) is 12.7 Å². The lowest BCUT2D eigenvalue weighted by molar-refractivity contribution is -0.142. The smallest absolute Gasteiger partial charge is 0.338 e. The maximum absolute atomic E-state index is 12.9. The molecule has 0 unspecified atom stereocenters. The fourth-order valence-corrected chi connectivity index (χ4v) is 3.50. The van der Waals surface area contributed by atoms with Crippen molar-refractivity contribution in [2.45, 2.75) is 31.9 Å². The Bertz CT molecular complexity index is 790. The van der Waals surface area contributed by atoms with Crippen LogP contribution < -0.4 is 24.8 Å². The fraction of sp³-hybridized carbons (Fsp3) is 0.500. The third-order valence-corrected chi connectivity index (χ3v) is 4.93. The second-order valence-corrected chi connectivity index (χ2v) is 6.76. The van der Waals surface area contributed by atoms with Crippen LogP contribution in [0, 0.1) is 0 Å². The predicted octanol–water partition coefficient (Wildman–Crippen LogP) is 2.06. The molecule has 1 aromatic rings. The molecule has 1 fully saturated rings. The molecule has 0 radical (unpaired) electrons. The van der Waals surface area contributed by atoms with Gasteiger partial charge in [-0.1, -0.05) is 0 Å². The Labute approximate surface area is 169 Å². The first-order valence-electron chi connectivity index (χ1n) is 9.35. The number of ether oxygens (including phenoxy) is 5. The van der Waals surface area contributed by atoms with Crippen molar-refractivity contribution in [2.24, 2.45) is 0 Å². The van der Waals surface area contributed by atoms with Crippen molar-refractivity contribution in [3.8, 4) is 17.2 Å². The van der Waals surface area contributed by atoms with Crippen molar-refractivity contribution in [2.75, 3.05) is 34.5 Å². The van der Waals surface area contributed by atoms with Crippen LogP contribution in [0.25, 0.3) is 0 Å². The lowest BCUT2D eigenvalue weighted by atomic mass is 9.95. The molecule has 2 amide bonds. The number of esters is 1. The first kappa shape index (κ1) is 20.8. The summed E-state index contributed by atoms with van der Waals surface area (Å²) >= 11 is 0. The molecule has 2 heterocycles. The normalized spacial score (nSPS) is 21.3. The van der Waals surface area contributed by atoms with Gasteiger partial charge in [-0.05, 0) is 37.5 Å². The molecule has 1 aromatic carbocycles. The van der Waals surface area contributed by atoms with Gasteiger partial charge in [0.2, 0.25) is 5.75 Å². The van der Waals surface area contributed by atoms with Crippen molar-refractivity contribution in [3.63, 3.8) is 0 Å². The highest BCUT2D eigenvalue weighted by Crippen LogP contribution is 2.41. The predicted molar refractivity (Wildman–Crippen MR) is 103 cm³/mol. The Morgan fingerprint density at radius 1 is 1.17 bits per heavy atom. The standard InChI is InChI=1S/C20H26N2O7/c1-11-16(19(23)29-10-13-6-5-7-28-13)17(22-20(24)21-11)12-8-14(25-2)18(27-4)15(9-12)26-3/h8-9,13,17H,5-7,10H2,1-4H3,(H2,21,22,24)/t13-,17-/m0/s1. The molecular weight excluding hydrogens is 380 g/mol. The second kappa shape index (κ2) is 9.04. The summed E-state index contributed by atoms with van der Waals surface area (Å²) in [5, 5.41) is 5.40. The molecule has 2 N–H and O–H groups in total. The molecule has 0 saturated carbocycles. The summed E-state index contributed by atoms with van der Waals surface area (Å²) < 4.78 is 27.1. The van der Waals surface area contributed by atoms with Gasteiger partial charge in [0.15, 0.2) is 11.5 Å². The van der Waals surface area contributed by atoms with E-state index in [1.165, 1.54) is 21.3 Å². The highest BCUT2D eigenvalue weighted by molar-refractivity contribution is 5.95. The number of carbonyl (C=O) groups excluding carboxylic acids is 2. The van der Waals surface area contributed by atoms with Gasteiger partial charge in [-0.15, -0.1) is 0 Å². The number of hydrogen-bond acceptors (Lipinski definition) is 7. The molecule has 0 bridgehead atoms. The van der Waals surface area contributed by atoms with Gasteiger partial charge >= 0.3 is 12.0 Å². The van der Waals surface area contributed by atoms with Crippen molar-refractivity contribution in [1.29, 1.82) is 0 Å². The van der Waals surface area contributed by atoms with Gasteiger partial charge in [-0.25, -0.2) is 9.59 Å². The molecule has 0 spiro atoms. The van der Waals surface area contributed by atoms with Gasteiger partial charge in [0.1, 0.15) is 6.61 Å². The molecule has 158 valence electrons. The molecule has 1 saturated heterocycles. The lowest BCUT2D eigenvalue weighted by Crippen LogP contribution is -2.45. The van der Waals surface area contributed by atoms with Crippen molar-refractivity contribution in [1.82, 2.24) is 10.6 Å². The summed E-state index contributed by atoms with van der Waals surface area (Å²) in [6, 6.07) is 2.22. The topological polar surface area (TPSA) is 104 Å². The minimum atomic E-state index is -0.741. The van der Waals surface area contributed by atoms with E-state index in [4.69, 9.17) is 23.7 Å². The van der Waals surface area contributed by atoms with E-state index in [1.807, 2.05) is 0 Å². The molecule has 29 heavy (non-hydrogen) atoms. The van der Waals surface area contributed by atoms with E-state index in [2.05, 4.69) is 10.6 Å². The summed E-state index contributed by atoms with van der Waals surface area (Å²) in [5.41, 5.74) is 1.32. The van der Waals surface area contributed by atoms with Gasteiger partial charge in [0, 0.05) is 12.3 Å². The number of urea groups is 1. The van der Waals surface area contributed by atoms with Crippen LogP contribution >= 0.6 is 0 Å². The zero-order chi connectivity index (χ0) is 21.0. The SMILES string of the molecule is COc1cc([C@@H]2NC(=O)NC(C)=C2C(=O)OC[C@@H]2CCCO2)cc(OC)c1OC. The number of benzene rings is 1. The van der Waals surface area contributed by atoms with E-state index in [1.54, 1.807) is 19.1 Å². The largest absolute Gasteiger partial charge is 0.493 e. The summed E-state index contributed by atoms with van der Waals surface area (Å²) in [4.78, 5) is 25.0. The highest BCUT2D eigenvalue weighted by atomic mass is 16.6. The Kier molecular flexibility index (Phi) is 6.48. The van der Waals surface area contributed by atoms with Crippen LogP contribution in [0.2, 0.25) is 0 Å². The summed E-state index contributed by atoms with van der Waals surface area (Å²) in [5.74, 6) is 0.727. The minimum Gasteiger partial charge on any atom is -0.493 e. The number of methoxy groups -OCH3 is 3. The van der Waals surface area contributed by atoms with Gasteiger partial charge in [0.25, 0.3) is 0 Å². The fourth-order valence-electron chi connectivity index (χ4n) is 3.50. The monoisotopic (exact) mass is 406 g/mol. The third kappa shape index (κ3) is 4.40. The molecule has 0 aromatic heterocycles. The molecule has 2 aliphatic rings. The van der Waals surface area contributed by atoms with Gasteiger partial charge < -0.3 is 34.3 Å². The van der Waals surface area contributed by atoms with Crippen molar-refractivity contribution in [3.05, 3.63) is 29.0 Å². The average Bonchev–Trinajstić information content (AvgIpc) is 3.23. The van der Waals surface area contributed by atoms with Crippen LogP contribution in [0.4, 0.5) is 4.79 Å². The maximum Gasteiger partial charge on any atom is 0.338 e. The van der Waals surface area contributed by atoms with Crippen LogP contribution in [-0.4, -0.2) is 52.6 Å². The Balaban J connectivity index is 1.93. The first-order valence-corrected chi connectivity index (χ1v) is 9.35. The molecule has 2 aliphatic heterocycles. The quantitative estimate of drug-likeness (QED) is 0.668. The van der Waals surface area contributed by atoms with E-state index in [0.717, 1.165) is 12.8 Å². The van der Waals surface area contributed by atoms with Crippen LogP contribution in [0.3, 0.4) is 0 Å². The summed E-state index contributed by atoms with van der Waals surface area (Å²) in [7, 11) is 4.50. The Morgan fingerprint density at radius 3 is 2.41 bits per heavy atom. The first-order chi connectivity index (χ1) is 14.0. The molecule has 2 atom stereocenters. The maximum atomic E-state index is 12.9. The van der Waals surface area contributed by atoms with Crippen LogP contribution in [0.5, 0.6) is 17.2 Å². The van der Waals surface area contributed by atoms with Crippen molar-refractivity contribution >= 4 is 12.0 Å². The van der Waals surface area contributed by atoms with Gasteiger partial charge in [-0.2, -0.15) is 0 Å². The van der Waals surface area contributed by atoms with Crippen LogP contribution in [-0.2, 0) is 14.3 Å². The van der Waals surface area contributed by atoms with E-state index in [9.17, 15) is 9.59 Å². The third-order valence-electron chi connectivity index (χ3n) is 4.93. The second-order valence-electron chi connectivity index (χ2n) is 6.76. The van der Waals surface area contributed by atoms with Crippen LogP contribution in [0.15, 0.2) is 23.4 Å². The number of allylic oxidation sites excluding steroid dienone is 1. The highest BCUT2D eigenvalue weighted by Gasteiger charge is 2.34. The van der Waals surface area contributed by atoms with E-state index in [0.29, 0.717) is 40.7 Å². The average molecular weight is 406 g/mol.